The van der Waals surface area contributed by atoms with E-state index in [0.717, 1.165) is 6.07 Å². The number of hydrogen-bond acceptors (Lipinski definition) is 2. The van der Waals surface area contributed by atoms with E-state index < -0.39 is 18.3 Å². The number of halogens is 5. The van der Waals surface area contributed by atoms with Gasteiger partial charge in [-0.05, 0) is 58.7 Å². The van der Waals surface area contributed by atoms with E-state index in [1.807, 2.05) is 0 Å². The molecule has 0 aliphatic heterocycles. The highest BCUT2D eigenvalue weighted by molar-refractivity contribution is 9.10. The molecule has 1 amide bonds. The van der Waals surface area contributed by atoms with Crippen LogP contribution in [0.3, 0.4) is 0 Å². The van der Waals surface area contributed by atoms with Crippen molar-refractivity contribution in [2.45, 2.75) is 13.5 Å². The molecule has 122 valence electrons. The Morgan fingerprint density at radius 3 is 2.61 bits per heavy atom. The minimum Gasteiger partial charge on any atom is -0.435 e. The van der Waals surface area contributed by atoms with Crippen LogP contribution in [0.2, 0.25) is 5.02 Å². The molecule has 0 aromatic heterocycles. The van der Waals surface area contributed by atoms with E-state index in [-0.39, 0.29) is 20.8 Å². The smallest absolute Gasteiger partial charge is 0.387 e. The van der Waals surface area contributed by atoms with Crippen LogP contribution in [0.5, 0.6) is 5.75 Å². The van der Waals surface area contributed by atoms with Gasteiger partial charge < -0.3 is 10.1 Å². The van der Waals surface area contributed by atoms with E-state index >= 15 is 0 Å². The zero-order chi connectivity index (χ0) is 17.1. The summed E-state index contributed by atoms with van der Waals surface area (Å²) in [7, 11) is 0. The molecule has 0 saturated carbocycles. The van der Waals surface area contributed by atoms with Gasteiger partial charge in [-0.15, -0.1) is 0 Å². The molecular formula is C15H10BrClF3NO2. The van der Waals surface area contributed by atoms with E-state index in [4.69, 9.17) is 11.6 Å². The van der Waals surface area contributed by atoms with E-state index in [9.17, 15) is 18.0 Å². The summed E-state index contributed by atoms with van der Waals surface area (Å²) in [6, 6.07) is 6.38. The predicted molar refractivity (Wildman–Crippen MR) is 84.9 cm³/mol. The zero-order valence-electron chi connectivity index (χ0n) is 11.7. The number of carbonyl (C=O) groups is 1. The summed E-state index contributed by atoms with van der Waals surface area (Å²) in [5, 5.41) is 2.54. The molecule has 3 nitrogen and oxygen atoms in total. The van der Waals surface area contributed by atoms with Crippen LogP contribution < -0.4 is 10.1 Å². The van der Waals surface area contributed by atoms with Gasteiger partial charge in [-0.3, -0.25) is 4.79 Å². The Morgan fingerprint density at radius 2 is 2.00 bits per heavy atom. The number of hydrogen-bond donors (Lipinski definition) is 1. The SMILES string of the molecule is Cc1cc(OC(F)F)ccc1NC(=O)c1cc(Br)c(F)cc1Cl. The van der Waals surface area contributed by atoms with Gasteiger partial charge in [0, 0.05) is 5.69 Å². The number of anilines is 1. The molecule has 0 unspecified atom stereocenters. The molecule has 2 aromatic carbocycles. The normalized spacial score (nSPS) is 10.7. The fourth-order valence-corrected chi connectivity index (χ4v) is 2.42. The number of alkyl halides is 2. The second-order valence-electron chi connectivity index (χ2n) is 4.56. The fourth-order valence-electron chi connectivity index (χ4n) is 1.84. The monoisotopic (exact) mass is 407 g/mol. The minimum absolute atomic E-state index is 0.0157. The molecule has 2 aromatic rings. The molecule has 0 fully saturated rings. The molecule has 23 heavy (non-hydrogen) atoms. The minimum atomic E-state index is -2.93. The van der Waals surface area contributed by atoms with E-state index in [1.165, 1.54) is 24.3 Å². The summed E-state index contributed by atoms with van der Waals surface area (Å²) in [6.07, 6.45) is 0. The average molecular weight is 409 g/mol. The summed E-state index contributed by atoms with van der Waals surface area (Å²) in [5.74, 6) is -1.16. The van der Waals surface area contributed by atoms with Crippen LogP contribution in [0.1, 0.15) is 15.9 Å². The third-order valence-corrected chi connectivity index (χ3v) is 3.85. The van der Waals surface area contributed by atoms with Crippen LogP contribution >= 0.6 is 27.5 Å². The molecule has 0 atom stereocenters. The van der Waals surface area contributed by atoms with Gasteiger partial charge in [-0.2, -0.15) is 8.78 Å². The first kappa shape index (κ1) is 17.6. The molecule has 0 heterocycles. The number of amides is 1. The molecule has 1 N–H and O–H groups in total. The van der Waals surface area contributed by atoms with Crippen LogP contribution in [0.25, 0.3) is 0 Å². The third kappa shape index (κ3) is 4.39. The molecule has 8 heteroatoms. The van der Waals surface area contributed by atoms with E-state index in [0.29, 0.717) is 11.3 Å². The third-order valence-electron chi connectivity index (χ3n) is 2.93. The summed E-state index contributed by atoms with van der Waals surface area (Å²) < 4.78 is 42.0. The highest BCUT2D eigenvalue weighted by Crippen LogP contribution is 2.27. The second-order valence-corrected chi connectivity index (χ2v) is 5.82. The van der Waals surface area contributed by atoms with Crippen LogP contribution in [0.15, 0.2) is 34.8 Å². The van der Waals surface area contributed by atoms with Crippen LogP contribution in [-0.2, 0) is 0 Å². The molecule has 0 spiro atoms. The zero-order valence-corrected chi connectivity index (χ0v) is 14.0. The molecule has 2 rings (SSSR count). The first-order valence-corrected chi connectivity index (χ1v) is 7.46. The van der Waals surface area contributed by atoms with Crippen LogP contribution in [0.4, 0.5) is 18.9 Å². The lowest BCUT2D eigenvalue weighted by molar-refractivity contribution is -0.0498. The second kappa shape index (κ2) is 7.23. The van der Waals surface area contributed by atoms with Crippen LogP contribution in [0, 0.1) is 12.7 Å². The molecule has 0 aliphatic rings. The van der Waals surface area contributed by atoms with Crippen LogP contribution in [-0.4, -0.2) is 12.5 Å². The number of carbonyl (C=O) groups excluding carboxylic acids is 1. The Labute approximate surface area is 143 Å². The Morgan fingerprint density at radius 1 is 1.30 bits per heavy atom. The van der Waals surface area contributed by atoms with Crippen molar-refractivity contribution in [1.29, 1.82) is 0 Å². The topological polar surface area (TPSA) is 38.3 Å². The lowest BCUT2D eigenvalue weighted by atomic mass is 10.1. The maximum atomic E-state index is 13.3. The van der Waals surface area contributed by atoms with Crippen molar-refractivity contribution in [2.75, 3.05) is 5.32 Å². The molecular weight excluding hydrogens is 399 g/mol. The highest BCUT2D eigenvalue weighted by Gasteiger charge is 2.15. The lowest BCUT2D eigenvalue weighted by Gasteiger charge is -2.12. The number of benzene rings is 2. The van der Waals surface area contributed by atoms with Gasteiger partial charge in [0.1, 0.15) is 11.6 Å². The van der Waals surface area contributed by atoms with Crippen molar-refractivity contribution in [3.05, 3.63) is 56.8 Å². The first-order valence-electron chi connectivity index (χ1n) is 6.29. The van der Waals surface area contributed by atoms with Gasteiger partial charge in [0.05, 0.1) is 15.1 Å². The van der Waals surface area contributed by atoms with Crippen molar-refractivity contribution >= 4 is 39.1 Å². The molecule has 0 bridgehead atoms. The Balaban J connectivity index is 2.22. The van der Waals surface area contributed by atoms with E-state index in [1.54, 1.807) is 6.92 Å². The van der Waals surface area contributed by atoms with Gasteiger partial charge >= 0.3 is 6.61 Å². The number of ether oxygens (including phenoxy) is 1. The quantitative estimate of drug-likeness (QED) is 0.688. The summed E-state index contributed by atoms with van der Waals surface area (Å²) in [6.45, 7) is -1.30. The predicted octanol–water partition coefficient (Wildman–Crippen LogP) is 5.40. The summed E-state index contributed by atoms with van der Waals surface area (Å²) >= 11 is 8.84. The molecule has 0 aliphatic carbocycles. The van der Waals surface area contributed by atoms with Gasteiger partial charge in [0.2, 0.25) is 0 Å². The lowest BCUT2D eigenvalue weighted by Crippen LogP contribution is -2.14. The van der Waals surface area contributed by atoms with Crippen molar-refractivity contribution in [3.8, 4) is 5.75 Å². The summed E-state index contributed by atoms with van der Waals surface area (Å²) in [4.78, 5) is 12.2. The maximum Gasteiger partial charge on any atom is 0.387 e. The Bertz CT molecular complexity index is 756. The van der Waals surface area contributed by atoms with Gasteiger partial charge in [-0.25, -0.2) is 4.39 Å². The average Bonchev–Trinajstić information content (AvgIpc) is 2.45. The van der Waals surface area contributed by atoms with Crippen molar-refractivity contribution in [3.63, 3.8) is 0 Å². The Hall–Kier alpha value is -1.73. The molecule has 0 radical (unpaired) electrons. The first-order chi connectivity index (χ1) is 10.8. The fraction of sp³-hybridized carbons (Fsp3) is 0.133. The maximum absolute atomic E-state index is 13.3. The van der Waals surface area contributed by atoms with Gasteiger partial charge in [-0.1, -0.05) is 11.6 Å². The van der Waals surface area contributed by atoms with Crippen molar-refractivity contribution < 1.29 is 22.7 Å². The molecule has 0 saturated heterocycles. The number of aryl methyl sites for hydroxylation is 1. The Kier molecular flexibility index (Phi) is 5.54. The number of rotatable bonds is 4. The summed E-state index contributed by atoms with van der Waals surface area (Å²) in [5.41, 5.74) is 0.995. The standard InChI is InChI=1S/C15H10BrClF3NO2/c1-7-4-8(23-15(19)20)2-3-13(7)21-14(22)9-5-10(16)12(18)6-11(9)17/h2-6,15H,1H3,(H,21,22). The van der Waals surface area contributed by atoms with Gasteiger partial charge in [0.15, 0.2) is 0 Å². The van der Waals surface area contributed by atoms with Gasteiger partial charge in [0.25, 0.3) is 5.91 Å². The number of nitrogens with one attached hydrogen (secondary N) is 1. The highest BCUT2D eigenvalue weighted by atomic mass is 79.9. The largest absolute Gasteiger partial charge is 0.435 e. The van der Waals surface area contributed by atoms with Crippen molar-refractivity contribution in [2.24, 2.45) is 0 Å². The van der Waals surface area contributed by atoms with Crippen molar-refractivity contribution in [1.82, 2.24) is 0 Å². The van der Waals surface area contributed by atoms with E-state index in [2.05, 4.69) is 26.0 Å².